The molecule has 2 unspecified atom stereocenters. The molecule has 1 saturated carbocycles. The second-order valence-corrected chi connectivity index (χ2v) is 6.85. The van der Waals surface area contributed by atoms with E-state index in [4.69, 9.17) is 4.74 Å². The Labute approximate surface area is 102 Å². The molecule has 1 N–H and O–H groups in total. The van der Waals surface area contributed by atoms with Crippen LogP contribution in [-0.2, 0) is 19.4 Å². The third-order valence-corrected chi connectivity index (χ3v) is 4.97. The molecule has 2 atom stereocenters. The molecule has 0 aromatic carbocycles. The molecule has 5 nitrogen and oxygen atoms in total. The van der Waals surface area contributed by atoms with Crippen LogP contribution in [0, 0.1) is 0 Å². The lowest BCUT2D eigenvalue weighted by Gasteiger charge is -2.28. The van der Waals surface area contributed by atoms with Crippen LogP contribution in [0.5, 0.6) is 0 Å². The van der Waals surface area contributed by atoms with Gasteiger partial charge in [0.2, 0.25) is 0 Å². The number of carbonyl (C=O) groups is 1. The molecule has 0 bridgehead atoms. The number of hydrogen-bond donors (Lipinski definition) is 1. The van der Waals surface area contributed by atoms with Crippen LogP contribution in [0.4, 0.5) is 0 Å². The van der Waals surface area contributed by atoms with Gasteiger partial charge in [-0.3, -0.25) is 4.79 Å². The maximum absolute atomic E-state index is 11.5. The Morgan fingerprint density at radius 1 is 1.53 bits per heavy atom. The molecular weight excluding hydrogens is 244 g/mol. The van der Waals surface area contributed by atoms with E-state index < -0.39 is 20.7 Å². The van der Waals surface area contributed by atoms with Crippen LogP contribution in [0.2, 0.25) is 0 Å². The highest BCUT2D eigenvalue weighted by Gasteiger charge is 2.46. The minimum absolute atomic E-state index is 0.0658. The molecule has 0 heterocycles. The van der Waals surface area contributed by atoms with Crippen molar-refractivity contribution < 1.29 is 23.1 Å². The minimum Gasteiger partial charge on any atom is -0.466 e. The van der Waals surface area contributed by atoms with Crippen molar-refractivity contribution >= 4 is 15.8 Å². The zero-order valence-electron chi connectivity index (χ0n) is 10.3. The summed E-state index contributed by atoms with van der Waals surface area (Å²) >= 11 is 0. The van der Waals surface area contributed by atoms with Crippen LogP contribution in [-0.4, -0.2) is 43.2 Å². The standard InChI is InChI=1S/C11H20O5S/c1-3-16-10(12)6-8-11(13)7-4-5-9(11)17(2,14)15/h9,13H,3-8H2,1-2H3. The van der Waals surface area contributed by atoms with Crippen LogP contribution in [0.15, 0.2) is 0 Å². The van der Waals surface area contributed by atoms with Gasteiger partial charge in [-0.25, -0.2) is 8.42 Å². The predicted molar refractivity (Wildman–Crippen MR) is 63.3 cm³/mol. The van der Waals surface area contributed by atoms with Gasteiger partial charge in [-0.05, 0) is 32.6 Å². The molecule has 0 amide bonds. The van der Waals surface area contributed by atoms with Gasteiger partial charge in [0.15, 0.2) is 9.84 Å². The fourth-order valence-corrected chi connectivity index (χ4v) is 4.10. The van der Waals surface area contributed by atoms with Gasteiger partial charge in [-0.1, -0.05) is 0 Å². The summed E-state index contributed by atoms with van der Waals surface area (Å²) in [6.07, 6.45) is 2.94. The Morgan fingerprint density at radius 2 is 2.18 bits per heavy atom. The van der Waals surface area contributed by atoms with Gasteiger partial charge in [-0.2, -0.15) is 0 Å². The second-order valence-electron chi connectivity index (χ2n) is 4.62. The third-order valence-electron chi connectivity index (χ3n) is 3.26. The van der Waals surface area contributed by atoms with Crippen molar-refractivity contribution in [1.82, 2.24) is 0 Å². The van der Waals surface area contributed by atoms with E-state index in [1.54, 1.807) is 6.92 Å². The van der Waals surface area contributed by atoms with Gasteiger partial charge in [0.1, 0.15) is 0 Å². The molecule has 1 fully saturated rings. The number of carbonyl (C=O) groups excluding carboxylic acids is 1. The summed E-state index contributed by atoms with van der Waals surface area (Å²) in [5.74, 6) is -0.389. The number of hydrogen-bond acceptors (Lipinski definition) is 5. The zero-order valence-corrected chi connectivity index (χ0v) is 11.1. The Hall–Kier alpha value is -0.620. The smallest absolute Gasteiger partial charge is 0.305 e. The lowest BCUT2D eigenvalue weighted by atomic mass is 9.96. The summed E-state index contributed by atoms with van der Waals surface area (Å²) in [4.78, 5) is 11.2. The van der Waals surface area contributed by atoms with Crippen molar-refractivity contribution in [3.8, 4) is 0 Å². The Bertz CT molecular complexity index is 375. The number of esters is 1. The summed E-state index contributed by atoms with van der Waals surface area (Å²) in [5.41, 5.74) is -1.26. The lowest BCUT2D eigenvalue weighted by molar-refractivity contribution is -0.144. The van der Waals surface area contributed by atoms with Crippen molar-refractivity contribution in [1.29, 1.82) is 0 Å². The first kappa shape index (κ1) is 14.4. The molecule has 1 aliphatic rings. The molecule has 0 saturated heterocycles. The van der Waals surface area contributed by atoms with E-state index in [1.807, 2.05) is 0 Å². The molecule has 1 rings (SSSR count). The SMILES string of the molecule is CCOC(=O)CCC1(O)CCCC1S(C)(=O)=O. The van der Waals surface area contributed by atoms with Gasteiger partial charge in [0.05, 0.1) is 17.5 Å². The van der Waals surface area contributed by atoms with Gasteiger partial charge < -0.3 is 9.84 Å². The van der Waals surface area contributed by atoms with E-state index >= 15 is 0 Å². The average Bonchev–Trinajstić information content (AvgIpc) is 2.58. The highest BCUT2D eigenvalue weighted by Crippen LogP contribution is 2.38. The van der Waals surface area contributed by atoms with E-state index in [1.165, 1.54) is 0 Å². The minimum atomic E-state index is -3.27. The molecule has 0 spiro atoms. The number of sulfone groups is 1. The summed E-state index contributed by atoms with van der Waals surface area (Å²) in [6, 6.07) is 0. The average molecular weight is 264 g/mol. The Morgan fingerprint density at radius 3 is 2.71 bits per heavy atom. The number of rotatable bonds is 5. The fourth-order valence-electron chi connectivity index (χ4n) is 2.47. The molecule has 0 aromatic rings. The monoisotopic (exact) mass is 264 g/mol. The van der Waals surface area contributed by atoms with E-state index in [2.05, 4.69) is 0 Å². The van der Waals surface area contributed by atoms with Gasteiger partial charge in [-0.15, -0.1) is 0 Å². The van der Waals surface area contributed by atoms with Crippen molar-refractivity contribution in [2.75, 3.05) is 12.9 Å². The van der Waals surface area contributed by atoms with Gasteiger partial charge >= 0.3 is 5.97 Å². The van der Waals surface area contributed by atoms with Crippen LogP contribution in [0.3, 0.4) is 0 Å². The van der Waals surface area contributed by atoms with E-state index in [-0.39, 0.29) is 18.8 Å². The maximum atomic E-state index is 11.5. The first-order chi connectivity index (χ1) is 7.79. The van der Waals surface area contributed by atoms with Crippen molar-refractivity contribution in [3.05, 3.63) is 0 Å². The fraction of sp³-hybridized carbons (Fsp3) is 0.909. The van der Waals surface area contributed by atoms with Crippen LogP contribution < -0.4 is 0 Å². The molecule has 100 valence electrons. The highest BCUT2D eigenvalue weighted by molar-refractivity contribution is 7.91. The molecule has 6 heteroatoms. The largest absolute Gasteiger partial charge is 0.466 e. The van der Waals surface area contributed by atoms with Gasteiger partial charge in [0.25, 0.3) is 0 Å². The van der Waals surface area contributed by atoms with E-state index in [0.717, 1.165) is 6.26 Å². The van der Waals surface area contributed by atoms with Crippen molar-refractivity contribution in [3.63, 3.8) is 0 Å². The molecule has 1 aliphatic carbocycles. The summed E-state index contributed by atoms with van der Waals surface area (Å²) in [5, 5.41) is 9.57. The Balaban J connectivity index is 2.64. The van der Waals surface area contributed by atoms with E-state index in [9.17, 15) is 18.3 Å². The molecule has 0 radical (unpaired) electrons. The van der Waals surface area contributed by atoms with Crippen LogP contribution >= 0.6 is 0 Å². The zero-order chi connectivity index (χ0) is 13.1. The molecular formula is C11H20O5S. The normalized spacial score (nSPS) is 29.2. The summed E-state index contributed by atoms with van der Waals surface area (Å²) in [7, 11) is -3.27. The maximum Gasteiger partial charge on any atom is 0.305 e. The lowest BCUT2D eigenvalue weighted by Crippen LogP contribution is -2.42. The third kappa shape index (κ3) is 3.67. The molecule has 0 aliphatic heterocycles. The van der Waals surface area contributed by atoms with Crippen molar-refractivity contribution in [2.24, 2.45) is 0 Å². The molecule has 17 heavy (non-hydrogen) atoms. The Kier molecular flexibility index (Phi) is 4.55. The van der Waals surface area contributed by atoms with Crippen molar-refractivity contribution in [2.45, 2.75) is 49.9 Å². The summed E-state index contributed by atoms with van der Waals surface area (Å²) in [6.45, 7) is 2.01. The predicted octanol–water partition coefficient (Wildman–Crippen LogP) is 0.658. The van der Waals surface area contributed by atoms with Gasteiger partial charge in [0, 0.05) is 12.7 Å². The number of ether oxygens (including phenoxy) is 1. The van der Waals surface area contributed by atoms with E-state index in [0.29, 0.717) is 25.9 Å². The van der Waals surface area contributed by atoms with Crippen LogP contribution in [0.1, 0.15) is 39.0 Å². The number of aliphatic hydroxyl groups is 1. The first-order valence-corrected chi connectivity index (χ1v) is 7.82. The second kappa shape index (κ2) is 5.35. The quantitative estimate of drug-likeness (QED) is 0.738. The first-order valence-electron chi connectivity index (χ1n) is 5.86. The van der Waals surface area contributed by atoms with Crippen LogP contribution in [0.25, 0.3) is 0 Å². The molecule has 0 aromatic heterocycles. The summed E-state index contributed by atoms with van der Waals surface area (Å²) < 4.78 is 27.9. The highest BCUT2D eigenvalue weighted by atomic mass is 32.2. The topological polar surface area (TPSA) is 80.7 Å².